The van der Waals surface area contributed by atoms with Gasteiger partial charge in [-0.3, -0.25) is 28.9 Å². The highest BCUT2D eigenvalue weighted by Gasteiger charge is 2.32. The van der Waals surface area contributed by atoms with Gasteiger partial charge in [0, 0.05) is 44.5 Å². The number of hydrogen-bond acceptors (Lipinski definition) is 9. The van der Waals surface area contributed by atoms with Crippen LogP contribution in [0.4, 0.5) is 0 Å². The van der Waals surface area contributed by atoms with Crippen LogP contribution in [0.3, 0.4) is 0 Å². The Balaban J connectivity index is 1.40. The van der Waals surface area contributed by atoms with Gasteiger partial charge >= 0.3 is 5.97 Å². The van der Waals surface area contributed by atoms with Crippen molar-refractivity contribution < 1.29 is 43.1 Å². The molecule has 1 saturated heterocycles. The molecule has 0 aromatic rings. The Morgan fingerprint density at radius 1 is 0.867 bits per heavy atom. The van der Waals surface area contributed by atoms with E-state index in [4.69, 9.17) is 9.47 Å². The quantitative estimate of drug-likeness (QED) is 0.273. The first-order chi connectivity index (χ1) is 14.4. The molecule has 0 spiro atoms. The largest absolute Gasteiger partial charge is 0.378 e. The van der Waals surface area contributed by atoms with Gasteiger partial charge in [0.15, 0.2) is 0 Å². The molecule has 12 heteroatoms. The molecule has 2 heterocycles. The van der Waals surface area contributed by atoms with Gasteiger partial charge in [0.1, 0.15) is 0 Å². The minimum atomic E-state index is -0.740. The van der Waals surface area contributed by atoms with Crippen LogP contribution in [-0.4, -0.2) is 85.0 Å². The number of hydrogen-bond donors (Lipinski definition) is 1. The number of imide groups is 2. The maximum Gasteiger partial charge on any atom is 0.335 e. The lowest BCUT2D eigenvalue weighted by atomic mass is 10.3. The van der Waals surface area contributed by atoms with Crippen LogP contribution in [0, 0.1) is 0 Å². The molecule has 1 N–H and O–H groups in total. The number of amides is 5. The van der Waals surface area contributed by atoms with Gasteiger partial charge in [0.25, 0.3) is 23.6 Å². The van der Waals surface area contributed by atoms with Crippen LogP contribution in [0.25, 0.3) is 0 Å². The van der Waals surface area contributed by atoms with Gasteiger partial charge in [-0.25, -0.2) is 4.79 Å². The average molecular weight is 425 g/mol. The number of ether oxygens (including phenoxy) is 2. The van der Waals surface area contributed by atoms with Crippen molar-refractivity contribution in [3.8, 4) is 0 Å². The van der Waals surface area contributed by atoms with Crippen molar-refractivity contribution in [2.24, 2.45) is 0 Å². The second-order valence-electron chi connectivity index (χ2n) is 6.28. The highest BCUT2D eigenvalue weighted by molar-refractivity contribution is 6.13. The van der Waals surface area contributed by atoms with Crippen molar-refractivity contribution in [3.63, 3.8) is 0 Å². The van der Waals surface area contributed by atoms with Gasteiger partial charge < -0.3 is 19.6 Å². The summed E-state index contributed by atoms with van der Waals surface area (Å²) in [6, 6.07) is 0. The number of carbonyl (C=O) groups excluding carboxylic acids is 6. The SMILES string of the molecule is O=C(CCN1C(=O)C=CC1=O)NCCOCCOCCC(=O)ON1C(=O)CCC1=O. The summed E-state index contributed by atoms with van der Waals surface area (Å²) >= 11 is 0. The van der Waals surface area contributed by atoms with E-state index in [1.807, 2.05) is 0 Å². The zero-order chi connectivity index (χ0) is 21.9. The standard InChI is InChI=1S/C18H23N3O9/c22-13(5-8-20-14(23)1-2-15(20)24)19-7-10-29-12-11-28-9-6-18(27)30-21-16(25)3-4-17(21)26/h1-2H,3-12H2,(H,19,22). The fourth-order valence-electron chi connectivity index (χ4n) is 2.50. The van der Waals surface area contributed by atoms with Gasteiger partial charge in [-0.1, -0.05) is 0 Å². The molecular formula is C18H23N3O9. The number of nitrogens with zero attached hydrogens (tertiary/aromatic N) is 2. The van der Waals surface area contributed by atoms with Crippen LogP contribution in [0.15, 0.2) is 12.2 Å². The third kappa shape index (κ3) is 7.37. The molecule has 0 atom stereocenters. The molecule has 1 fully saturated rings. The van der Waals surface area contributed by atoms with E-state index >= 15 is 0 Å². The molecule has 0 aliphatic carbocycles. The summed E-state index contributed by atoms with van der Waals surface area (Å²) in [4.78, 5) is 74.2. The number of carbonyl (C=O) groups is 6. The first-order valence-corrected chi connectivity index (χ1v) is 9.41. The summed E-state index contributed by atoms with van der Waals surface area (Å²) in [5.41, 5.74) is 0. The summed E-state index contributed by atoms with van der Waals surface area (Å²) in [6.45, 7) is 0.986. The third-order valence-electron chi connectivity index (χ3n) is 4.05. The first kappa shape index (κ1) is 23.2. The minimum Gasteiger partial charge on any atom is -0.378 e. The Morgan fingerprint density at radius 2 is 1.47 bits per heavy atom. The van der Waals surface area contributed by atoms with Crippen LogP contribution in [0.1, 0.15) is 25.7 Å². The predicted octanol–water partition coefficient (Wildman–Crippen LogP) is -1.55. The summed E-state index contributed by atoms with van der Waals surface area (Å²) < 4.78 is 10.4. The molecule has 0 aromatic heterocycles. The van der Waals surface area contributed by atoms with E-state index < -0.39 is 29.6 Å². The molecule has 0 aromatic carbocycles. The maximum atomic E-state index is 11.7. The molecule has 30 heavy (non-hydrogen) atoms. The minimum absolute atomic E-state index is 0.00694. The number of hydroxylamine groups is 2. The molecule has 5 amide bonds. The Morgan fingerprint density at radius 3 is 2.10 bits per heavy atom. The first-order valence-electron chi connectivity index (χ1n) is 9.41. The summed E-state index contributed by atoms with van der Waals surface area (Å²) in [7, 11) is 0. The Bertz CT molecular complexity index is 700. The van der Waals surface area contributed by atoms with Crippen molar-refractivity contribution in [3.05, 3.63) is 12.2 Å². The number of rotatable bonds is 13. The van der Waals surface area contributed by atoms with Gasteiger partial charge in [0.2, 0.25) is 5.91 Å². The molecular weight excluding hydrogens is 402 g/mol. The van der Waals surface area contributed by atoms with Gasteiger partial charge in [-0.05, 0) is 0 Å². The van der Waals surface area contributed by atoms with E-state index in [-0.39, 0.29) is 71.1 Å². The molecule has 164 valence electrons. The van der Waals surface area contributed by atoms with Gasteiger partial charge in [-0.15, -0.1) is 5.06 Å². The third-order valence-corrected chi connectivity index (χ3v) is 4.05. The van der Waals surface area contributed by atoms with Crippen LogP contribution in [0.2, 0.25) is 0 Å². The Hall–Kier alpha value is -3.12. The fraction of sp³-hybridized carbons (Fsp3) is 0.556. The van der Waals surface area contributed by atoms with Crippen LogP contribution in [-0.2, 0) is 43.1 Å². The monoisotopic (exact) mass is 425 g/mol. The van der Waals surface area contributed by atoms with Crippen molar-refractivity contribution in [2.75, 3.05) is 39.5 Å². The van der Waals surface area contributed by atoms with Crippen molar-refractivity contribution in [2.45, 2.75) is 25.7 Å². The molecule has 0 unspecified atom stereocenters. The lowest BCUT2D eigenvalue weighted by Gasteiger charge is -2.13. The number of nitrogens with one attached hydrogen (secondary N) is 1. The van der Waals surface area contributed by atoms with Crippen LogP contribution >= 0.6 is 0 Å². The molecule has 2 aliphatic heterocycles. The van der Waals surface area contributed by atoms with Crippen molar-refractivity contribution in [1.82, 2.24) is 15.3 Å². The summed E-state index contributed by atoms with van der Waals surface area (Å²) in [6.07, 6.45) is 2.28. The summed E-state index contributed by atoms with van der Waals surface area (Å²) in [5.74, 6) is -2.98. The van der Waals surface area contributed by atoms with Gasteiger partial charge in [0.05, 0.1) is 32.8 Å². The molecule has 0 radical (unpaired) electrons. The van der Waals surface area contributed by atoms with Crippen LogP contribution < -0.4 is 5.32 Å². The fourth-order valence-corrected chi connectivity index (χ4v) is 2.50. The molecule has 2 aliphatic rings. The Kier molecular flexibility index (Phi) is 9.09. The van der Waals surface area contributed by atoms with Crippen LogP contribution in [0.5, 0.6) is 0 Å². The smallest absolute Gasteiger partial charge is 0.335 e. The normalized spacial score (nSPS) is 16.0. The lowest BCUT2D eigenvalue weighted by molar-refractivity contribution is -0.198. The van der Waals surface area contributed by atoms with E-state index in [0.717, 1.165) is 17.1 Å². The van der Waals surface area contributed by atoms with E-state index in [2.05, 4.69) is 10.2 Å². The average Bonchev–Trinajstić information content (AvgIpc) is 3.20. The highest BCUT2D eigenvalue weighted by atomic mass is 16.7. The van der Waals surface area contributed by atoms with Gasteiger partial charge in [-0.2, -0.15) is 0 Å². The van der Waals surface area contributed by atoms with E-state index in [1.165, 1.54) is 0 Å². The molecule has 2 rings (SSSR count). The molecule has 0 bridgehead atoms. The zero-order valence-electron chi connectivity index (χ0n) is 16.3. The maximum absolute atomic E-state index is 11.7. The molecule has 0 saturated carbocycles. The van der Waals surface area contributed by atoms with E-state index in [9.17, 15) is 28.8 Å². The zero-order valence-corrected chi connectivity index (χ0v) is 16.3. The Labute approximate surface area is 172 Å². The van der Waals surface area contributed by atoms with E-state index in [1.54, 1.807) is 0 Å². The van der Waals surface area contributed by atoms with Crippen molar-refractivity contribution in [1.29, 1.82) is 0 Å². The second kappa shape index (κ2) is 11.8. The molecule has 12 nitrogen and oxygen atoms in total. The topological polar surface area (TPSA) is 149 Å². The van der Waals surface area contributed by atoms with Crippen molar-refractivity contribution >= 4 is 35.5 Å². The van der Waals surface area contributed by atoms with E-state index in [0.29, 0.717) is 5.06 Å². The summed E-state index contributed by atoms with van der Waals surface area (Å²) in [5, 5.41) is 3.08. The predicted molar refractivity (Wildman–Crippen MR) is 96.9 cm³/mol. The lowest BCUT2D eigenvalue weighted by Crippen LogP contribution is -2.35. The highest BCUT2D eigenvalue weighted by Crippen LogP contribution is 2.12. The second-order valence-corrected chi connectivity index (χ2v) is 6.28.